The first-order valence-electron chi connectivity index (χ1n) is 12.4. The lowest BCUT2D eigenvalue weighted by atomic mass is 9.68. The number of nitriles is 2. The monoisotopic (exact) mass is 498 g/mol. The Kier molecular flexibility index (Phi) is 6.14. The van der Waals surface area contributed by atoms with Crippen LogP contribution in [0.15, 0.2) is 46.9 Å². The number of anilines is 1. The number of aryl methyl sites for hydroxylation is 1. The van der Waals surface area contributed by atoms with Crippen molar-refractivity contribution in [2.45, 2.75) is 64.7 Å². The standard InChI is InChI=1S/C29H30N4O2S/c1-29(2)13-22-26(23(34)14-29)25(17-9-11-18(35-3)12-10-17)21(16-31)27(32)33(22)28-20(15-30)19-7-5-4-6-8-24(19)36-28/h9-12,25H,4-8,13-14,32H2,1-3H3/t25-/m0/s1. The zero-order chi connectivity index (χ0) is 25.6. The number of carbonyl (C=O) groups is 1. The van der Waals surface area contributed by atoms with Crippen molar-refractivity contribution in [1.82, 2.24) is 0 Å². The number of thiophene rings is 1. The van der Waals surface area contributed by atoms with Gasteiger partial charge in [-0.2, -0.15) is 10.5 Å². The second-order valence-electron chi connectivity index (χ2n) is 10.6. The highest BCUT2D eigenvalue weighted by atomic mass is 32.1. The van der Waals surface area contributed by atoms with E-state index in [1.54, 1.807) is 18.4 Å². The predicted molar refractivity (Wildman–Crippen MR) is 140 cm³/mol. The Labute approximate surface area is 216 Å². The van der Waals surface area contributed by atoms with Crippen LogP contribution in [-0.4, -0.2) is 12.9 Å². The largest absolute Gasteiger partial charge is 0.497 e. The van der Waals surface area contributed by atoms with Crippen LogP contribution in [0.5, 0.6) is 5.75 Å². The first-order chi connectivity index (χ1) is 17.3. The van der Waals surface area contributed by atoms with Crippen molar-refractivity contribution in [3.05, 3.63) is 68.5 Å². The predicted octanol–water partition coefficient (Wildman–Crippen LogP) is 5.84. The maximum Gasteiger partial charge on any atom is 0.162 e. The third-order valence-corrected chi connectivity index (χ3v) is 8.82. The summed E-state index contributed by atoms with van der Waals surface area (Å²) in [7, 11) is 1.61. The molecule has 0 saturated heterocycles. The highest BCUT2D eigenvalue weighted by molar-refractivity contribution is 7.16. The van der Waals surface area contributed by atoms with Gasteiger partial charge in [0.25, 0.3) is 0 Å². The second-order valence-corrected chi connectivity index (χ2v) is 11.7. The molecule has 1 aromatic heterocycles. The summed E-state index contributed by atoms with van der Waals surface area (Å²) in [5, 5.41) is 21.3. The van der Waals surface area contributed by atoms with E-state index in [4.69, 9.17) is 10.5 Å². The minimum atomic E-state index is -0.543. The topological polar surface area (TPSA) is 103 Å². The van der Waals surface area contributed by atoms with E-state index in [0.717, 1.165) is 53.9 Å². The number of Topliss-reactive ketones (excluding diaryl/α,β-unsaturated/α-hetero) is 1. The first-order valence-corrected chi connectivity index (χ1v) is 13.3. The summed E-state index contributed by atoms with van der Waals surface area (Å²) >= 11 is 1.60. The normalized spacial score (nSPS) is 21.3. The third-order valence-electron chi connectivity index (χ3n) is 7.55. The molecule has 5 rings (SSSR count). The van der Waals surface area contributed by atoms with Gasteiger partial charge in [-0.05, 0) is 60.8 Å². The molecule has 0 saturated carbocycles. The van der Waals surface area contributed by atoms with Crippen LogP contribution in [-0.2, 0) is 17.6 Å². The fraction of sp³-hybridized carbons (Fsp3) is 0.414. The zero-order valence-electron chi connectivity index (χ0n) is 21.0. The van der Waals surface area contributed by atoms with Crippen molar-refractivity contribution in [3.63, 3.8) is 0 Å². The number of rotatable bonds is 3. The number of nitrogens with two attached hydrogens (primary N) is 1. The van der Waals surface area contributed by atoms with E-state index in [-0.39, 0.29) is 11.2 Å². The highest BCUT2D eigenvalue weighted by Crippen LogP contribution is 2.52. The van der Waals surface area contributed by atoms with Gasteiger partial charge in [-0.3, -0.25) is 9.69 Å². The fourth-order valence-corrected chi connectivity index (χ4v) is 7.25. The van der Waals surface area contributed by atoms with E-state index in [1.807, 2.05) is 29.2 Å². The first kappa shape index (κ1) is 24.2. The molecule has 36 heavy (non-hydrogen) atoms. The van der Waals surface area contributed by atoms with Crippen LogP contribution < -0.4 is 15.4 Å². The van der Waals surface area contributed by atoms with Crippen molar-refractivity contribution < 1.29 is 9.53 Å². The minimum absolute atomic E-state index is 0.0314. The van der Waals surface area contributed by atoms with Gasteiger partial charge >= 0.3 is 0 Å². The molecule has 2 heterocycles. The number of benzene rings is 1. The number of fused-ring (bicyclic) bond motifs is 1. The molecule has 6 nitrogen and oxygen atoms in total. The maximum atomic E-state index is 13.7. The van der Waals surface area contributed by atoms with Crippen LogP contribution in [0.4, 0.5) is 5.00 Å². The van der Waals surface area contributed by atoms with Gasteiger partial charge in [-0.15, -0.1) is 11.3 Å². The molecule has 1 aliphatic heterocycles. The summed E-state index contributed by atoms with van der Waals surface area (Å²) in [6, 6.07) is 12.3. The van der Waals surface area contributed by atoms with Gasteiger partial charge in [0.1, 0.15) is 22.6 Å². The molecule has 2 N–H and O–H groups in total. The molecule has 1 atom stereocenters. The lowest BCUT2D eigenvalue weighted by molar-refractivity contribution is -0.118. The molecule has 0 spiro atoms. The number of allylic oxidation sites excluding steroid dienone is 3. The quantitative estimate of drug-likeness (QED) is 0.534. The summed E-state index contributed by atoms with van der Waals surface area (Å²) in [6.45, 7) is 4.17. The van der Waals surface area contributed by atoms with Gasteiger partial charge in [0.05, 0.1) is 30.2 Å². The molecule has 7 heteroatoms. The molecule has 3 aliphatic rings. The Bertz CT molecular complexity index is 1380. The van der Waals surface area contributed by atoms with Gasteiger partial charge in [0.15, 0.2) is 5.78 Å². The van der Waals surface area contributed by atoms with Crippen molar-refractivity contribution >= 4 is 22.1 Å². The zero-order valence-corrected chi connectivity index (χ0v) is 21.8. The smallest absolute Gasteiger partial charge is 0.162 e. The number of hydrogen-bond donors (Lipinski definition) is 1. The summed E-state index contributed by atoms with van der Waals surface area (Å²) in [4.78, 5) is 16.9. The molecule has 184 valence electrons. The molecule has 0 unspecified atom stereocenters. The van der Waals surface area contributed by atoms with Crippen LogP contribution in [0.3, 0.4) is 0 Å². The van der Waals surface area contributed by atoms with Crippen LogP contribution in [0.25, 0.3) is 0 Å². The summed E-state index contributed by atoms with van der Waals surface area (Å²) in [5.41, 5.74) is 10.9. The van der Waals surface area contributed by atoms with Crippen LogP contribution in [0.2, 0.25) is 0 Å². The molecular formula is C29H30N4O2S. The van der Waals surface area contributed by atoms with Crippen molar-refractivity contribution in [2.24, 2.45) is 11.1 Å². The van der Waals surface area contributed by atoms with E-state index < -0.39 is 5.92 Å². The Balaban J connectivity index is 1.76. The van der Waals surface area contributed by atoms with Crippen LogP contribution in [0.1, 0.15) is 73.4 Å². The third kappa shape index (κ3) is 3.88. The van der Waals surface area contributed by atoms with E-state index in [2.05, 4.69) is 26.0 Å². The van der Waals surface area contributed by atoms with Gasteiger partial charge in [-0.25, -0.2) is 0 Å². The van der Waals surface area contributed by atoms with E-state index in [9.17, 15) is 15.3 Å². The Morgan fingerprint density at radius 2 is 1.81 bits per heavy atom. The Hall–Kier alpha value is -3.55. The molecule has 0 fully saturated rings. The van der Waals surface area contributed by atoms with Crippen molar-refractivity contribution in [1.29, 1.82) is 10.5 Å². The lowest BCUT2D eigenvalue weighted by Gasteiger charge is -2.43. The lowest BCUT2D eigenvalue weighted by Crippen LogP contribution is -2.42. The molecule has 2 aromatic rings. The SMILES string of the molecule is COc1ccc([C@H]2C(C#N)=C(N)N(c3sc4c(c3C#N)CCCCC4)C3=C2C(=O)CC(C)(C)C3)cc1. The molecule has 0 bridgehead atoms. The molecule has 0 amide bonds. The molecule has 0 radical (unpaired) electrons. The van der Waals surface area contributed by atoms with Crippen LogP contribution >= 0.6 is 11.3 Å². The molecule has 2 aliphatic carbocycles. The Morgan fingerprint density at radius 1 is 1.08 bits per heavy atom. The van der Waals surface area contributed by atoms with E-state index >= 15 is 0 Å². The van der Waals surface area contributed by atoms with Crippen molar-refractivity contribution in [2.75, 3.05) is 12.0 Å². The minimum Gasteiger partial charge on any atom is -0.497 e. The summed E-state index contributed by atoms with van der Waals surface area (Å²) in [5.74, 6) is 0.509. The number of carbonyl (C=O) groups excluding carboxylic acids is 1. The number of ketones is 1. The van der Waals surface area contributed by atoms with Crippen LogP contribution in [0, 0.1) is 28.1 Å². The average Bonchev–Trinajstić information content (AvgIpc) is 3.02. The molecular weight excluding hydrogens is 468 g/mol. The van der Waals surface area contributed by atoms with Gasteiger partial charge in [0, 0.05) is 22.6 Å². The number of nitrogens with zero attached hydrogens (tertiary/aromatic N) is 3. The van der Waals surface area contributed by atoms with Crippen molar-refractivity contribution in [3.8, 4) is 17.9 Å². The Morgan fingerprint density at radius 3 is 2.47 bits per heavy atom. The second kappa shape index (κ2) is 9.15. The maximum absolute atomic E-state index is 13.7. The number of ether oxygens (including phenoxy) is 1. The summed E-state index contributed by atoms with van der Waals surface area (Å²) < 4.78 is 5.32. The van der Waals surface area contributed by atoms with E-state index in [1.165, 1.54) is 4.88 Å². The number of hydrogen-bond acceptors (Lipinski definition) is 7. The van der Waals surface area contributed by atoms with Gasteiger partial charge in [-0.1, -0.05) is 32.4 Å². The average molecular weight is 499 g/mol. The summed E-state index contributed by atoms with van der Waals surface area (Å²) in [6.07, 6.45) is 6.18. The number of methoxy groups -OCH3 is 1. The highest BCUT2D eigenvalue weighted by Gasteiger charge is 2.45. The molecule has 1 aromatic carbocycles. The fourth-order valence-electron chi connectivity index (χ4n) is 5.87. The van der Waals surface area contributed by atoms with Gasteiger partial charge < -0.3 is 10.5 Å². The van der Waals surface area contributed by atoms with Gasteiger partial charge in [0.2, 0.25) is 0 Å². The van der Waals surface area contributed by atoms with E-state index in [0.29, 0.717) is 41.1 Å².